The highest BCUT2D eigenvalue weighted by Crippen LogP contribution is 2.52. The van der Waals surface area contributed by atoms with E-state index in [1.165, 1.54) is 5.56 Å². The number of unbranched alkanes of at least 4 members (excludes halogenated alkanes) is 1. The van der Waals surface area contributed by atoms with Crippen molar-refractivity contribution in [3.8, 4) is 11.1 Å². The molecule has 1 N–H and O–H groups in total. The van der Waals surface area contributed by atoms with Crippen LogP contribution in [-0.4, -0.2) is 67.2 Å². The second-order valence-electron chi connectivity index (χ2n) is 11.3. The van der Waals surface area contributed by atoms with Gasteiger partial charge < -0.3 is 15.0 Å². The van der Waals surface area contributed by atoms with Crippen molar-refractivity contribution in [2.45, 2.75) is 50.3 Å². The first-order chi connectivity index (χ1) is 20.7. The van der Waals surface area contributed by atoms with Crippen LogP contribution in [-0.2, 0) is 21.6 Å². The molecular weight excluding hydrogens is 555 g/mol. The number of alkyl carbamates (subject to hydrolysis) is 1. The number of carbonyl (C=O) groups is 2. The zero-order valence-electron chi connectivity index (χ0n) is 24.2. The molecule has 5 rings (SSSR count). The van der Waals surface area contributed by atoms with Gasteiger partial charge in [0.25, 0.3) is 0 Å². The number of nitrogens with one attached hydrogen (secondary N) is 1. The Kier molecular flexibility index (Phi) is 9.70. The predicted octanol–water partition coefficient (Wildman–Crippen LogP) is 6.54. The van der Waals surface area contributed by atoms with Gasteiger partial charge in [0.05, 0.1) is 0 Å². The average Bonchev–Trinajstić information content (AvgIpc) is 3.28. The molecule has 1 aliphatic carbocycles. The van der Waals surface area contributed by atoms with Gasteiger partial charge in [0, 0.05) is 43.7 Å². The maximum Gasteiger partial charge on any atom is 0.408 e. The van der Waals surface area contributed by atoms with E-state index in [1.807, 2.05) is 76.9 Å². The lowest BCUT2D eigenvalue weighted by Crippen LogP contribution is -2.48. The topological polar surface area (TPSA) is 61.9 Å². The minimum Gasteiger partial charge on any atom is -0.433 e. The Balaban J connectivity index is 1.15. The first-order valence-electron chi connectivity index (χ1n) is 15.0. The lowest BCUT2D eigenvalue weighted by atomic mass is 9.86. The lowest BCUT2D eigenvalue weighted by molar-refractivity contribution is -0.133. The van der Waals surface area contributed by atoms with Gasteiger partial charge in [0.15, 0.2) is 5.60 Å². The molecule has 3 aromatic rings. The van der Waals surface area contributed by atoms with Crippen LogP contribution in [0.25, 0.3) is 11.1 Å². The summed E-state index contributed by atoms with van der Waals surface area (Å²) < 4.78 is 44.4. The van der Waals surface area contributed by atoms with Crippen LogP contribution >= 0.6 is 0 Å². The SMILES string of the molecule is O=C(NCC(F)(F)F)OC1(CCCCN2CCN(C(=O)CCCc3ccccc3)CC2)c2ccccc2-c2ccccc21. The number of nitrogens with zero attached hydrogens (tertiary/aromatic N) is 2. The van der Waals surface area contributed by atoms with E-state index in [4.69, 9.17) is 4.74 Å². The molecule has 0 spiro atoms. The summed E-state index contributed by atoms with van der Waals surface area (Å²) in [6.45, 7) is 2.40. The van der Waals surface area contributed by atoms with Crippen molar-refractivity contribution in [3.63, 3.8) is 0 Å². The zero-order chi connectivity index (χ0) is 30.3. The van der Waals surface area contributed by atoms with Gasteiger partial charge >= 0.3 is 12.3 Å². The number of halogens is 3. The molecule has 0 aromatic heterocycles. The van der Waals surface area contributed by atoms with E-state index in [1.54, 1.807) is 0 Å². The number of alkyl halides is 3. The Morgan fingerprint density at radius 2 is 1.40 bits per heavy atom. The van der Waals surface area contributed by atoms with E-state index >= 15 is 0 Å². The molecule has 1 saturated heterocycles. The molecular formula is C34H38F3N3O3. The van der Waals surface area contributed by atoms with Gasteiger partial charge in [-0.15, -0.1) is 0 Å². The molecule has 0 bridgehead atoms. The number of benzene rings is 3. The third-order valence-corrected chi connectivity index (χ3v) is 8.39. The Labute approximate surface area is 250 Å². The number of amides is 2. The van der Waals surface area contributed by atoms with Crippen molar-refractivity contribution in [3.05, 3.63) is 95.6 Å². The fourth-order valence-corrected chi connectivity index (χ4v) is 6.26. The van der Waals surface area contributed by atoms with Crippen LogP contribution in [0.5, 0.6) is 0 Å². The van der Waals surface area contributed by atoms with Gasteiger partial charge in [-0.25, -0.2) is 4.79 Å². The summed E-state index contributed by atoms with van der Waals surface area (Å²) in [5.41, 5.74) is 3.50. The number of carbonyl (C=O) groups excluding carboxylic acids is 2. The van der Waals surface area contributed by atoms with Gasteiger partial charge in [-0.2, -0.15) is 13.2 Å². The second-order valence-corrected chi connectivity index (χ2v) is 11.3. The third kappa shape index (κ3) is 7.57. The van der Waals surface area contributed by atoms with Crippen LogP contribution < -0.4 is 5.32 Å². The quantitative estimate of drug-likeness (QED) is 0.257. The Morgan fingerprint density at radius 3 is 2.02 bits per heavy atom. The summed E-state index contributed by atoms with van der Waals surface area (Å²) in [5.74, 6) is 0.206. The molecule has 1 heterocycles. The van der Waals surface area contributed by atoms with Gasteiger partial charge in [-0.1, -0.05) is 78.9 Å². The van der Waals surface area contributed by atoms with Crippen LogP contribution in [0.2, 0.25) is 0 Å². The van der Waals surface area contributed by atoms with Crippen molar-refractivity contribution in [2.75, 3.05) is 39.3 Å². The summed E-state index contributed by atoms with van der Waals surface area (Å²) in [4.78, 5) is 29.7. The molecule has 43 heavy (non-hydrogen) atoms. The summed E-state index contributed by atoms with van der Waals surface area (Å²) in [5, 5.41) is 1.89. The van der Waals surface area contributed by atoms with Crippen molar-refractivity contribution in [2.24, 2.45) is 0 Å². The minimum absolute atomic E-state index is 0.206. The molecule has 3 aromatic carbocycles. The number of aryl methyl sites for hydroxylation is 1. The van der Waals surface area contributed by atoms with E-state index in [0.29, 0.717) is 32.4 Å². The smallest absolute Gasteiger partial charge is 0.408 e. The fraction of sp³-hybridized carbons (Fsp3) is 0.412. The molecule has 2 amide bonds. The monoisotopic (exact) mass is 593 g/mol. The van der Waals surface area contributed by atoms with Gasteiger partial charge in [-0.3, -0.25) is 9.69 Å². The molecule has 228 valence electrons. The molecule has 1 fully saturated rings. The van der Waals surface area contributed by atoms with Crippen LogP contribution in [0.4, 0.5) is 18.0 Å². The number of fused-ring (bicyclic) bond motifs is 3. The third-order valence-electron chi connectivity index (χ3n) is 8.39. The second kappa shape index (κ2) is 13.6. The van der Waals surface area contributed by atoms with E-state index in [9.17, 15) is 22.8 Å². The molecule has 1 aliphatic heterocycles. The number of rotatable bonds is 11. The predicted molar refractivity (Wildman–Crippen MR) is 159 cm³/mol. The molecule has 9 heteroatoms. The Hall–Kier alpha value is -3.85. The van der Waals surface area contributed by atoms with E-state index in [0.717, 1.165) is 61.2 Å². The summed E-state index contributed by atoms with van der Waals surface area (Å²) >= 11 is 0. The van der Waals surface area contributed by atoms with Crippen molar-refractivity contribution in [1.82, 2.24) is 15.1 Å². The molecule has 0 unspecified atom stereocenters. The highest BCUT2D eigenvalue weighted by atomic mass is 19.4. The maximum atomic E-state index is 12.8. The van der Waals surface area contributed by atoms with Gasteiger partial charge in [0.2, 0.25) is 5.91 Å². The van der Waals surface area contributed by atoms with E-state index in [-0.39, 0.29) is 5.91 Å². The Bertz CT molecular complexity index is 1340. The molecule has 2 aliphatic rings. The number of hydrogen-bond donors (Lipinski definition) is 1. The normalized spacial score (nSPS) is 15.9. The largest absolute Gasteiger partial charge is 0.433 e. The van der Waals surface area contributed by atoms with Crippen LogP contribution in [0, 0.1) is 0 Å². The van der Waals surface area contributed by atoms with Crippen molar-refractivity contribution < 1.29 is 27.5 Å². The molecule has 6 nitrogen and oxygen atoms in total. The highest BCUT2D eigenvalue weighted by molar-refractivity contribution is 5.82. The molecule has 0 saturated carbocycles. The number of piperazine rings is 1. The highest BCUT2D eigenvalue weighted by Gasteiger charge is 2.46. The average molecular weight is 594 g/mol. The summed E-state index contributed by atoms with van der Waals surface area (Å²) in [7, 11) is 0. The minimum atomic E-state index is -4.53. The van der Waals surface area contributed by atoms with Gasteiger partial charge in [-0.05, 0) is 55.3 Å². The number of hydrogen-bond acceptors (Lipinski definition) is 4. The van der Waals surface area contributed by atoms with Gasteiger partial charge in [0.1, 0.15) is 6.54 Å². The van der Waals surface area contributed by atoms with Crippen LogP contribution in [0.3, 0.4) is 0 Å². The molecule has 0 atom stereocenters. The van der Waals surface area contributed by atoms with E-state index in [2.05, 4.69) is 17.0 Å². The van der Waals surface area contributed by atoms with E-state index < -0.39 is 24.4 Å². The standard InChI is InChI=1S/C34H38F3N3O3/c35-34(36,37)25-38-32(42)43-33(29-16-6-4-14-27(29)28-15-5-7-17-30(28)33)19-8-9-20-39-21-23-40(24-22-39)31(41)18-10-13-26-11-2-1-3-12-26/h1-7,11-12,14-17H,8-10,13,18-25H2,(H,38,42). The van der Waals surface area contributed by atoms with Crippen LogP contribution in [0.15, 0.2) is 78.9 Å². The zero-order valence-corrected chi connectivity index (χ0v) is 24.2. The first kappa shape index (κ1) is 30.6. The van der Waals surface area contributed by atoms with Crippen molar-refractivity contribution >= 4 is 12.0 Å². The van der Waals surface area contributed by atoms with Crippen molar-refractivity contribution in [1.29, 1.82) is 0 Å². The van der Waals surface area contributed by atoms with Crippen LogP contribution in [0.1, 0.15) is 48.8 Å². The summed E-state index contributed by atoms with van der Waals surface area (Å²) in [6.07, 6.45) is -1.36. The fourth-order valence-electron chi connectivity index (χ4n) is 6.26. The lowest BCUT2D eigenvalue weighted by Gasteiger charge is -2.35. The molecule has 0 radical (unpaired) electrons. The Morgan fingerprint density at radius 1 is 0.791 bits per heavy atom. The summed E-state index contributed by atoms with van der Waals surface area (Å²) in [6, 6.07) is 25.4. The number of ether oxygens (including phenoxy) is 1. The first-order valence-corrected chi connectivity index (χ1v) is 15.0. The maximum absolute atomic E-state index is 12.8.